The van der Waals surface area contributed by atoms with Crippen molar-refractivity contribution in [3.63, 3.8) is 0 Å². The van der Waals surface area contributed by atoms with Crippen molar-refractivity contribution in [3.05, 3.63) is 17.7 Å². The third-order valence-electron chi connectivity index (χ3n) is 1.34. The molecule has 5 nitrogen and oxygen atoms in total. The predicted molar refractivity (Wildman–Crippen MR) is 38.5 cm³/mol. The van der Waals surface area contributed by atoms with Crippen LogP contribution >= 0.6 is 0 Å². The molecule has 0 heterocycles. The Labute approximate surface area is 96.1 Å². The van der Waals surface area contributed by atoms with Gasteiger partial charge in [0.2, 0.25) is 0 Å². The summed E-state index contributed by atoms with van der Waals surface area (Å²) in [5, 5.41) is 28.2. The van der Waals surface area contributed by atoms with Gasteiger partial charge >= 0.3 is 29.6 Å². The average Bonchev–Trinajstić information content (AvgIpc) is 1.96. The maximum absolute atomic E-state index is 10.3. The Kier molecular flexibility index (Phi) is 4.06. The van der Waals surface area contributed by atoms with Crippen molar-refractivity contribution < 1.29 is 49.7 Å². The Balaban J connectivity index is 0.00000144. The first-order chi connectivity index (χ1) is 5.52. The SMILES string of the molecule is Nc1cc(O)cc(C(=O)[O-])c1O.[Na+]. The molecule has 0 bridgehead atoms. The van der Waals surface area contributed by atoms with Crippen LogP contribution in [0.4, 0.5) is 5.69 Å². The van der Waals surface area contributed by atoms with Gasteiger partial charge in [0.25, 0.3) is 0 Å². The van der Waals surface area contributed by atoms with Gasteiger partial charge in [0.1, 0.15) is 11.5 Å². The van der Waals surface area contributed by atoms with E-state index in [0.29, 0.717) is 0 Å². The number of aromatic hydroxyl groups is 2. The van der Waals surface area contributed by atoms with Crippen molar-refractivity contribution in [2.75, 3.05) is 5.73 Å². The molecule has 0 aliphatic heterocycles. The Bertz CT molecular complexity index is 340. The number of phenolic OH excluding ortho intramolecular Hbond substituents is 1. The number of carboxylic acids is 1. The van der Waals surface area contributed by atoms with E-state index in [-0.39, 0.29) is 41.0 Å². The molecule has 0 spiro atoms. The third-order valence-corrected chi connectivity index (χ3v) is 1.34. The molecule has 0 atom stereocenters. The van der Waals surface area contributed by atoms with E-state index in [2.05, 4.69) is 0 Å². The summed E-state index contributed by atoms with van der Waals surface area (Å²) in [7, 11) is 0. The number of nitrogens with two attached hydrogens (primary N) is 1. The zero-order valence-electron chi connectivity index (χ0n) is 6.94. The molecule has 0 unspecified atom stereocenters. The maximum atomic E-state index is 10.3. The molecule has 0 aliphatic rings. The zero-order chi connectivity index (χ0) is 9.30. The van der Waals surface area contributed by atoms with Gasteiger partial charge in [-0.1, -0.05) is 0 Å². The second-order valence-electron chi connectivity index (χ2n) is 2.22. The minimum atomic E-state index is -1.59. The summed E-state index contributed by atoms with van der Waals surface area (Å²) in [6.07, 6.45) is 0. The normalized spacial score (nSPS) is 8.92. The van der Waals surface area contributed by atoms with Crippen LogP contribution in [0.1, 0.15) is 10.4 Å². The van der Waals surface area contributed by atoms with Crippen molar-refractivity contribution in [1.82, 2.24) is 0 Å². The molecule has 0 fully saturated rings. The van der Waals surface area contributed by atoms with Crippen LogP contribution in [0.25, 0.3) is 0 Å². The first-order valence-electron chi connectivity index (χ1n) is 3.05. The Morgan fingerprint density at radius 2 is 1.92 bits per heavy atom. The Morgan fingerprint density at radius 1 is 1.38 bits per heavy atom. The molecule has 1 aromatic carbocycles. The summed E-state index contributed by atoms with van der Waals surface area (Å²) in [6, 6.07) is 1.91. The van der Waals surface area contributed by atoms with Crippen molar-refractivity contribution in [2.24, 2.45) is 0 Å². The quantitative estimate of drug-likeness (QED) is 0.182. The van der Waals surface area contributed by atoms with Crippen LogP contribution in [0.3, 0.4) is 0 Å². The second kappa shape index (κ2) is 4.36. The number of carbonyl (C=O) groups excluding carboxylic acids is 1. The van der Waals surface area contributed by atoms with Gasteiger partial charge in [-0.25, -0.2) is 0 Å². The number of aromatic carboxylic acids is 1. The van der Waals surface area contributed by atoms with Crippen molar-refractivity contribution in [2.45, 2.75) is 0 Å². The number of anilines is 1. The number of carbonyl (C=O) groups is 1. The van der Waals surface area contributed by atoms with E-state index in [0.717, 1.165) is 12.1 Å². The number of carboxylic acid groups (broad SMARTS) is 1. The van der Waals surface area contributed by atoms with Gasteiger partial charge in [-0.15, -0.1) is 0 Å². The van der Waals surface area contributed by atoms with E-state index in [1.807, 2.05) is 0 Å². The van der Waals surface area contributed by atoms with Gasteiger partial charge in [0, 0.05) is 11.6 Å². The van der Waals surface area contributed by atoms with Crippen LogP contribution in [0, 0.1) is 0 Å². The zero-order valence-corrected chi connectivity index (χ0v) is 8.94. The second-order valence-corrected chi connectivity index (χ2v) is 2.22. The topological polar surface area (TPSA) is 107 Å². The largest absolute Gasteiger partial charge is 1.00 e. The van der Waals surface area contributed by atoms with Gasteiger partial charge in [-0.2, -0.15) is 0 Å². The summed E-state index contributed by atoms with van der Waals surface area (Å²) in [4.78, 5) is 10.3. The average molecular weight is 191 g/mol. The number of nitrogen functional groups attached to an aromatic ring is 1. The Morgan fingerprint density at radius 3 is 2.38 bits per heavy atom. The molecule has 0 radical (unpaired) electrons. The molecule has 0 saturated heterocycles. The molecule has 6 heteroatoms. The molecule has 13 heavy (non-hydrogen) atoms. The Hall–Kier alpha value is -0.910. The third kappa shape index (κ3) is 2.51. The van der Waals surface area contributed by atoms with E-state index >= 15 is 0 Å². The molecule has 0 aliphatic carbocycles. The summed E-state index contributed by atoms with van der Waals surface area (Å²) in [6.45, 7) is 0. The van der Waals surface area contributed by atoms with Crippen LogP contribution in [-0.2, 0) is 0 Å². The van der Waals surface area contributed by atoms with Crippen LogP contribution in [0.2, 0.25) is 0 Å². The molecule has 1 aromatic rings. The number of benzene rings is 1. The predicted octanol–water partition coefficient (Wildman–Crippen LogP) is -3.95. The van der Waals surface area contributed by atoms with E-state index < -0.39 is 17.3 Å². The molecule has 0 amide bonds. The van der Waals surface area contributed by atoms with Gasteiger partial charge in [0.15, 0.2) is 0 Å². The number of hydrogen-bond donors (Lipinski definition) is 3. The molecule has 4 N–H and O–H groups in total. The summed E-state index contributed by atoms with van der Waals surface area (Å²) in [5.74, 6) is -2.51. The van der Waals surface area contributed by atoms with Crippen LogP contribution < -0.4 is 40.4 Å². The fourth-order valence-electron chi connectivity index (χ4n) is 0.797. The van der Waals surface area contributed by atoms with E-state index in [9.17, 15) is 9.90 Å². The van der Waals surface area contributed by atoms with Gasteiger partial charge < -0.3 is 25.8 Å². The molecular formula is C7H6NNaO4. The van der Waals surface area contributed by atoms with Crippen molar-refractivity contribution in [1.29, 1.82) is 0 Å². The van der Waals surface area contributed by atoms with E-state index in [1.54, 1.807) is 0 Å². The van der Waals surface area contributed by atoms with Crippen molar-refractivity contribution >= 4 is 11.7 Å². The first kappa shape index (κ1) is 12.1. The number of hydrogen-bond acceptors (Lipinski definition) is 5. The van der Waals surface area contributed by atoms with E-state index in [4.69, 9.17) is 15.9 Å². The van der Waals surface area contributed by atoms with Gasteiger partial charge in [0.05, 0.1) is 11.7 Å². The molecule has 64 valence electrons. The summed E-state index contributed by atoms with van der Waals surface area (Å²) < 4.78 is 0. The molecule has 0 saturated carbocycles. The first-order valence-corrected chi connectivity index (χ1v) is 3.05. The van der Waals surface area contributed by atoms with Crippen LogP contribution in [-0.4, -0.2) is 16.2 Å². The van der Waals surface area contributed by atoms with Gasteiger partial charge in [-0.3, -0.25) is 0 Å². The number of phenols is 2. The monoisotopic (exact) mass is 191 g/mol. The minimum absolute atomic E-state index is 0. The van der Waals surface area contributed by atoms with Crippen molar-refractivity contribution in [3.8, 4) is 11.5 Å². The van der Waals surface area contributed by atoms with E-state index in [1.165, 1.54) is 0 Å². The minimum Gasteiger partial charge on any atom is -0.545 e. The maximum Gasteiger partial charge on any atom is 1.00 e. The smallest absolute Gasteiger partial charge is 0.545 e. The standard InChI is InChI=1S/C7H7NO4.Na/c8-5-2-3(9)1-4(6(5)10)7(11)12;/h1-2,9-10H,8H2,(H,11,12);/q;+1/p-1. The fraction of sp³-hybridized carbons (Fsp3) is 0. The molecular weight excluding hydrogens is 185 g/mol. The van der Waals surface area contributed by atoms with Crippen LogP contribution in [0.5, 0.6) is 11.5 Å². The van der Waals surface area contributed by atoms with Crippen LogP contribution in [0.15, 0.2) is 12.1 Å². The molecule has 0 aromatic heterocycles. The number of rotatable bonds is 1. The summed E-state index contributed by atoms with van der Waals surface area (Å²) >= 11 is 0. The van der Waals surface area contributed by atoms with Gasteiger partial charge in [-0.05, 0) is 6.07 Å². The molecule has 1 rings (SSSR count). The summed E-state index contributed by atoms with van der Waals surface area (Å²) in [5.41, 5.74) is 4.44. The fourth-order valence-corrected chi connectivity index (χ4v) is 0.797.